The van der Waals surface area contributed by atoms with Gasteiger partial charge in [-0.1, -0.05) is 27.7 Å². The van der Waals surface area contributed by atoms with Crippen LogP contribution in [0.3, 0.4) is 0 Å². The molecule has 0 unspecified atom stereocenters. The third-order valence-corrected chi connectivity index (χ3v) is 0.637. The maximum absolute atomic E-state index is 9.50. The summed E-state index contributed by atoms with van der Waals surface area (Å²) >= 11 is 0. The van der Waals surface area contributed by atoms with Gasteiger partial charge in [-0.05, 0) is 5.92 Å². The summed E-state index contributed by atoms with van der Waals surface area (Å²) in [6, 6.07) is 0. The van der Waals surface area contributed by atoms with E-state index in [1.807, 2.05) is 27.7 Å². The molecule has 0 atom stereocenters. The molecule has 0 saturated carbocycles. The molecule has 3 nitrogen and oxygen atoms in total. The maximum Gasteiger partial charge on any atom is 0.122 e. The van der Waals surface area contributed by atoms with Crippen molar-refractivity contribution < 1.29 is 10.0 Å². The highest BCUT2D eigenvalue weighted by molar-refractivity contribution is 5.58. The van der Waals surface area contributed by atoms with Gasteiger partial charge in [-0.25, -0.2) is 0 Å². The van der Waals surface area contributed by atoms with Gasteiger partial charge in [0.1, 0.15) is 6.29 Å². The van der Waals surface area contributed by atoms with Crippen molar-refractivity contribution in [3.8, 4) is 0 Å². The Bertz CT molecular complexity index is 109. The van der Waals surface area contributed by atoms with Crippen molar-refractivity contribution in [3.05, 3.63) is 0 Å². The van der Waals surface area contributed by atoms with Crippen molar-refractivity contribution >= 4 is 12.5 Å². The summed E-state index contributed by atoms with van der Waals surface area (Å²) < 4.78 is 0. The highest BCUT2D eigenvalue weighted by atomic mass is 16.4. The monoisotopic (exact) mass is 159 g/mol. The standard InChI is InChI=1S/C4H9NO.C4H8O/c1-4(2)3-5-6;1-4(2)3-5/h3-4,6H,1-2H3;3-4H,1-2H3. The minimum absolute atomic E-state index is 0.204. The van der Waals surface area contributed by atoms with Crippen LogP contribution in [-0.4, -0.2) is 17.7 Å². The van der Waals surface area contributed by atoms with Crippen LogP contribution in [0.4, 0.5) is 0 Å². The van der Waals surface area contributed by atoms with E-state index >= 15 is 0 Å². The highest BCUT2D eigenvalue weighted by Gasteiger charge is 1.80. The second kappa shape index (κ2) is 9.14. The fraction of sp³-hybridized carbons (Fsp3) is 0.750. The molecule has 0 bridgehead atoms. The van der Waals surface area contributed by atoms with Crippen LogP contribution < -0.4 is 0 Å². The van der Waals surface area contributed by atoms with Crippen LogP contribution >= 0.6 is 0 Å². The van der Waals surface area contributed by atoms with E-state index in [0.717, 1.165) is 6.29 Å². The number of nitrogens with zero attached hydrogens (tertiary/aromatic N) is 1. The predicted octanol–water partition coefficient (Wildman–Crippen LogP) is 1.94. The molecule has 0 aromatic rings. The molecule has 0 aliphatic rings. The molecular formula is C8H17NO2. The van der Waals surface area contributed by atoms with Crippen LogP contribution in [0.25, 0.3) is 0 Å². The van der Waals surface area contributed by atoms with E-state index in [0.29, 0.717) is 5.92 Å². The summed E-state index contributed by atoms with van der Waals surface area (Å²) in [5.74, 6) is 0.560. The average Bonchev–Trinajstić information content (AvgIpc) is 1.89. The molecule has 0 aromatic carbocycles. The van der Waals surface area contributed by atoms with E-state index in [1.165, 1.54) is 6.21 Å². The Morgan fingerprint density at radius 1 is 1.18 bits per heavy atom. The summed E-state index contributed by atoms with van der Waals surface area (Å²) in [7, 11) is 0. The maximum atomic E-state index is 9.50. The smallest absolute Gasteiger partial charge is 0.122 e. The second-order valence-electron chi connectivity index (χ2n) is 2.89. The topological polar surface area (TPSA) is 49.7 Å². The van der Waals surface area contributed by atoms with Crippen LogP contribution in [0, 0.1) is 11.8 Å². The Kier molecular flexibility index (Phi) is 10.6. The Morgan fingerprint density at radius 2 is 1.55 bits per heavy atom. The Morgan fingerprint density at radius 3 is 1.55 bits per heavy atom. The molecule has 0 rings (SSSR count). The van der Waals surface area contributed by atoms with Gasteiger partial charge in [-0.15, -0.1) is 5.16 Å². The first-order valence-electron chi connectivity index (χ1n) is 3.67. The zero-order valence-corrected chi connectivity index (χ0v) is 7.61. The number of hydrogen-bond acceptors (Lipinski definition) is 3. The first-order valence-corrected chi connectivity index (χ1v) is 3.67. The summed E-state index contributed by atoms with van der Waals surface area (Å²) in [6.45, 7) is 7.60. The molecule has 11 heavy (non-hydrogen) atoms. The summed E-state index contributed by atoms with van der Waals surface area (Å²) in [5, 5.41) is 10.6. The number of carbonyl (C=O) groups excluding carboxylic acids is 1. The van der Waals surface area contributed by atoms with Crippen molar-refractivity contribution in [1.29, 1.82) is 0 Å². The van der Waals surface area contributed by atoms with Crippen molar-refractivity contribution in [2.45, 2.75) is 27.7 Å². The van der Waals surface area contributed by atoms with Crippen LogP contribution in [0.1, 0.15) is 27.7 Å². The quantitative estimate of drug-likeness (QED) is 0.290. The van der Waals surface area contributed by atoms with Crippen LogP contribution in [-0.2, 0) is 4.79 Å². The molecule has 3 heteroatoms. The van der Waals surface area contributed by atoms with Crippen molar-refractivity contribution in [2.75, 3.05) is 0 Å². The molecule has 0 fully saturated rings. The van der Waals surface area contributed by atoms with Crippen LogP contribution in [0.2, 0.25) is 0 Å². The fourth-order valence-corrected chi connectivity index (χ4v) is 0.133. The Hall–Kier alpha value is -0.860. The fourth-order valence-electron chi connectivity index (χ4n) is 0.133. The third kappa shape index (κ3) is 27.2. The molecule has 0 amide bonds. The van der Waals surface area contributed by atoms with E-state index in [2.05, 4.69) is 5.16 Å². The van der Waals surface area contributed by atoms with Crippen LogP contribution in [0.5, 0.6) is 0 Å². The van der Waals surface area contributed by atoms with Crippen molar-refractivity contribution in [1.82, 2.24) is 0 Å². The second-order valence-corrected chi connectivity index (χ2v) is 2.89. The van der Waals surface area contributed by atoms with Gasteiger partial charge in [0.15, 0.2) is 0 Å². The van der Waals surface area contributed by atoms with Gasteiger partial charge in [0.05, 0.1) is 0 Å². The van der Waals surface area contributed by atoms with E-state index in [-0.39, 0.29) is 5.92 Å². The summed E-state index contributed by atoms with van der Waals surface area (Å²) in [4.78, 5) is 9.50. The number of hydrogen-bond donors (Lipinski definition) is 1. The summed E-state index contributed by atoms with van der Waals surface area (Å²) in [6.07, 6.45) is 2.39. The first kappa shape index (κ1) is 12.8. The molecule has 66 valence electrons. The molecule has 0 aliphatic heterocycles. The van der Waals surface area contributed by atoms with Gasteiger partial charge < -0.3 is 10.0 Å². The number of carbonyl (C=O) groups is 1. The Labute approximate surface area is 68.1 Å². The lowest BCUT2D eigenvalue weighted by molar-refractivity contribution is -0.110. The molecule has 0 heterocycles. The SMILES string of the molecule is CC(C)C=NO.CC(C)C=O. The lowest BCUT2D eigenvalue weighted by atomic mass is 10.3. The summed E-state index contributed by atoms with van der Waals surface area (Å²) in [5.41, 5.74) is 0. The van der Waals surface area contributed by atoms with Gasteiger partial charge in [-0.2, -0.15) is 0 Å². The molecule has 0 aromatic heterocycles. The predicted molar refractivity (Wildman–Crippen MR) is 46.0 cm³/mol. The minimum atomic E-state index is 0.204. The third-order valence-electron chi connectivity index (χ3n) is 0.637. The average molecular weight is 159 g/mol. The highest BCUT2D eigenvalue weighted by Crippen LogP contribution is 1.81. The van der Waals surface area contributed by atoms with Crippen LogP contribution in [0.15, 0.2) is 5.16 Å². The number of oxime groups is 1. The number of rotatable bonds is 2. The van der Waals surface area contributed by atoms with Gasteiger partial charge in [0.2, 0.25) is 0 Å². The van der Waals surface area contributed by atoms with E-state index < -0.39 is 0 Å². The molecule has 1 N–H and O–H groups in total. The van der Waals surface area contributed by atoms with Gasteiger partial charge in [-0.3, -0.25) is 0 Å². The number of aldehydes is 1. The zero-order chi connectivity index (χ0) is 9.28. The van der Waals surface area contributed by atoms with Gasteiger partial charge in [0, 0.05) is 12.1 Å². The molecule has 0 spiro atoms. The first-order chi connectivity index (χ1) is 5.04. The van der Waals surface area contributed by atoms with E-state index in [1.54, 1.807) is 0 Å². The normalized spacial score (nSPS) is 10.0. The zero-order valence-electron chi connectivity index (χ0n) is 7.61. The molecule has 0 aliphatic carbocycles. The molecule has 0 saturated heterocycles. The van der Waals surface area contributed by atoms with E-state index in [9.17, 15) is 4.79 Å². The van der Waals surface area contributed by atoms with Crippen molar-refractivity contribution in [3.63, 3.8) is 0 Å². The Balaban J connectivity index is 0. The van der Waals surface area contributed by atoms with E-state index in [4.69, 9.17) is 5.21 Å². The molecule has 0 radical (unpaired) electrons. The lowest BCUT2D eigenvalue weighted by Gasteiger charge is -1.84. The van der Waals surface area contributed by atoms with Gasteiger partial charge in [0.25, 0.3) is 0 Å². The molecular weight excluding hydrogens is 142 g/mol. The minimum Gasteiger partial charge on any atom is -0.411 e. The van der Waals surface area contributed by atoms with Crippen molar-refractivity contribution in [2.24, 2.45) is 17.0 Å². The lowest BCUT2D eigenvalue weighted by Crippen LogP contribution is -1.84. The largest absolute Gasteiger partial charge is 0.411 e. The van der Waals surface area contributed by atoms with Gasteiger partial charge >= 0.3 is 0 Å².